The fourth-order valence-electron chi connectivity index (χ4n) is 2.45. The maximum atomic E-state index is 12.1. The van der Waals surface area contributed by atoms with Gasteiger partial charge in [-0.05, 0) is 32.6 Å². The third kappa shape index (κ3) is 3.19. The van der Waals surface area contributed by atoms with Gasteiger partial charge in [-0.3, -0.25) is 4.79 Å². The van der Waals surface area contributed by atoms with Crippen LogP contribution >= 0.6 is 0 Å². The molecule has 0 aliphatic carbocycles. The molecule has 1 aliphatic heterocycles. The Morgan fingerprint density at radius 1 is 1.59 bits per heavy atom. The second-order valence-corrected chi connectivity index (χ2v) is 4.74. The summed E-state index contributed by atoms with van der Waals surface area (Å²) in [6.07, 6.45) is 4.18. The van der Waals surface area contributed by atoms with Crippen LogP contribution in [0.25, 0.3) is 0 Å². The maximum Gasteiger partial charge on any atom is 0.326 e. The summed E-state index contributed by atoms with van der Waals surface area (Å²) in [4.78, 5) is 24.7. The molecule has 1 rings (SSSR count). The molecular weight excluding hydrogens is 220 g/mol. The van der Waals surface area contributed by atoms with Gasteiger partial charge in [-0.2, -0.15) is 0 Å². The Morgan fingerprint density at radius 3 is 2.76 bits per heavy atom. The lowest BCUT2D eigenvalue weighted by Gasteiger charge is -2.34. The predicted octanol–water partition coefficient (Wildman–Crippen LogP) is 0.968. The number of nitrogens with zero attached hydrogens (tertiary/aromatic N) is 1. The second kappa shape index (κ2) is 6.00. The fraction of sp³-hybridized carbons (Fsp3) is 0.833. The van der Waals surface area contributed by atoms with Crippen LogP contribution in [-0.2, 0) is 9.59 Å². The van der Waals surface area contributed by atoms with Crippen LogP contribution in [-0.4, -0.2) is 40.0 Å². The van der Waals surface area contributed by atoms with Crippen molar-refractivity contribution in [3.8, 4) is 0 Å². The van der Waals surface area contributed by atoms with E-state index in [1.54, 1.807) is 6.92 Å². The number of carbonyl (C=O) groups is 2. The van der Waals surface area contributed by atoms with Crippen LogP contribution in [0.2, 0.25) is 0 Å². The highest BCUT2D eigenvalue weighted by molar-refractivity contribution is 5.87. The lowest BCUT2D eigenvalue weighted by atomic mass is 10.0. The van der Waals surface area contributed by atoms with Gasteiger partial charge in [-0.25, -0.2) is 4.79 Å². The molecule has 0 aromatic carbocycles. The number of hydrogen-bond acceptors (Lipinski definition) is 3. The molecule has 0 radical (unpaired) electrons. The van der Waals surface area contributed by atoms with Crippen LogP contribution in [0, 0.1) is 0 Å². The van der Waals surface area contributed by atoms with Gasteiger partial charge in [-0.1, -0.05) is 13.3 Å². The number of aliphatic carboxylic acids is 1. The van der Waals surface area contributed by atoms with Crippen molar-refractivity contribution in [1.29, 1.82) is 0 Å². The van der Waals surface area contributed by atoms with Crippen molar-refractivity contribution in [2.45, 2.75) is 64.1 Å². The van der Waals surface area contributed by atoms with Crippen LogP contribution in [0.15, 0.2) is 0 Å². The van der Waals surface area contributed by atoms with Gasteiger partial charge in [0.15, 0.2) is 0 Å². The Bertz CT molecular complexity index is 293. The summed E-state index contributed by atoms with van der Waals surface area (Å²) in [5.74, 6) is -1.18. The average molecular weight is 242 g/mol. The Hall–Kier alpha value is -1.10. The minimum absolute atomic E-state index is 0.0205. The number of hydrogen-bond donors (Lipinski definition) is 2. The Kier molecular flexibility index (Phi) is 4.93. The largest absolute Gasteiger partial charge is 0.480 e. The van der Waals surface area contributed by atoms with E-state index in [4.69, 9.17) is 10.8 Å². The smallest absolute Gasteiger partial charge is 0.326 e. The molecule has 0 bridgehead atoms. The van der Waals surface area contributed by atoms with E-state index in [0.29, 0.717) is 6.42 Å². The lowest BCUT2D eigenvalue weighted by Crippen LogP contribution is -2.53. The topological polar surface area (TPSA) is 83.6 Å². The van der Waals surface area contributed by atoms with E-state index in [1.807, 2.05) is 6.92 Å². The van der Waals surface area contributed by atoms with Crippen molar-refractivity contribution in [3.63, 3.8) is 0 Å². The quantitative estimate of drug-likeness (QED) is 0.769. The molecule has 1 amide bonds. The Labute approximate surface area is 102 Å². The fourth-order valence-corrected chi connectivity index (χ4v) is 2.45. The van der Waals surface area contributed by atoms with Gasteiger partial charge < -0.3 is 15.7 Å². The normalized spacial score (nSPS) is 27.7. The van der Waals surface area contributed by atoms with E-state index in [2.05, 4.69) is 0 Å². The molecule has 17 heavy (non-hydrogen) atoms. The van der Waals surface area contributed by atoms with Crippen LogP contribution in [0.4, 0.5) is 0 Å². The minimum Gasteiger partial charge on any atom is -0.480 e. The minimum atomic E-state index is -0.964. The van der Waals surface area contributed by atoms with Crippen molar-refractivity contribution in [2.75, 3.05) is 0 Å². The number of rotatable bonds is 4. The van der Waals surface area contributed by atoms with Crippen molar-refractivity contribution in [2.24, 2.45) is 5.73 Å². The number of amides is 1. The van der Waals surface area contributed by atoms with Gasteiger partial charge in [0.1, 0.15) is 6.04 Å². The first kappa shape index (κ1) is 14.0. The standard InChI is InChI=1S/C12H22N2O3/c1-3-5-9-6-4-7-10(13)11(15)14(9)8(2)12(16)17/h8-10H,3-7,13H2,1-2H3,(H,16,17). The molecule has 0 spiro atoms. The molecule has 1 saturated heterocycles. The van der Waals surface area contributed by atoms with Gasteiger partial charge in [0.2, 0.25) is 5.91 Å². The monoisotopic (exact) mass is 242 g/mol. The highest BCUT2D eigenvalue weighted by atomic mass is 16.4. The van der Waals surface area contributed by atoms with E-state index in [0.717, 1.165) is 25.7 Å². The summed E-state index contributed by atoms with van der Waals surface area (Å²) in [6.45, 7) is 3.60. The highest BCUT2D eigenvalue weighted by Crippen LogP contribution is 2.23. The molecule has 3 unspecified atom stereocenters. The summed E-state index contributed by atoms with van der Waals surface area (Å²) in [5.41, 5.74) is 5.78. The van der Waals surface area contributed by atoms with Crippen LogP contribution in [0.5, 0.6) is 0 Å². The number of likely N-dealkylation sites (tertiary alicyclic amines) is 1. The first-order chi connectivity index (χ1) is 7.99. The second-order valence-electron chi connectivity index (χ2n) is 4.74. The zero-order valence-corrected chi connectivity index (χ0v) is 10.6. The molecular formula is C12H22N2O3. The number of carboxylic acids is 1. The SMILES string of the molecule is CCCC1CCCC(N)C(=O)N1C(C)C(=O)O. The van der Waals surface area contributed by atoms with Crippen molar-refractivity contribution >= 4 is 11.9 Å². The number of carbonyl (C=O) groups excluding carboxylic acids is 1. The zero-order valence-electron chi connectivity index (χ0n) is 10.6. The van der Waals surface area contributed by atoms with Crippen molar-refractivity contribution in [3.05, 3.63) is 0 Å². The Morgan fingerprint density at radius 2 is 2.24 bits per heavy atom. The summed E-state index contributed by atoms with van der Waals surface area (Å²) < 4.78 is 0. The van der Waals surface area contributed by atoms with E-state index < -0.39 is 18.1 Å². The van der Waals surface area contributed by atoms with Gasteiger partial charge in [0.25, 0.3) is 0 Å². The zero-order chi connectivity index (χ0) is 13.0. The van der Waals surface area contributed by atoms with E-state index in [1.165, 1.54) is 4.90 Å². The first-order valence-electron chi connectivity index (χ1n) is 6.29. The van der Waals surface area contributed by atoms with Crippen LogP contribution in [0.3, 0.4) is 0 Å². The molecule has 98 valence electrons. The lowest BCUT2D eigenvalue weighted by molar-refractivity contribution is -0.152. The molecule has 1 aliphatic rings. The Balaban J connectivity index is 2.93. The summed E-state index contributed by atoms with van der Waals surface area (Å²) in [7, 11) is 0. The van der Waals surface area contributed by atoms with Gasteiger partial charge in [0, 0.05) is 6.04 Å². The van der Waals surface area contributed by atoms with Crippen molar-refractivity contribution in [1.82, 2.24) is 4.90 Å². The molecule has 5 heteroatoms. The van der Waals surface area contributed by atoms with Gasteiger partial charge in [0.05, 0.1) is 6.04 Å². The third-order valence-corrected chi connectivity index (χ3v) is 3.41. The van der Waals surface area contributed by atoms with E-state index in [9.17, 15) is 9.59 Å². The first-order valence-corrected chi connectivity index (χ1v) is 6.29. The van der Waals surface area contributed by atoms with E-state index in [-0.39, 0.29) is 11.9 Å². The molecule has 3 N–H and O–H groups in total. The average Bonchev–Trinajstić information content (AvgIpc) is 2.40. The molecule has 0 saturated carbocycles. The van der Waals surface area contributed by atoms with Gasteiger partial charge >= 0.3 is 5.97 Å². The number of carboxylic acid groups (broad SMARTS) is 1. The molecule has 3 atom stereocenters. The highest BCUT2D eigenvalue weighted by Gasteiger charge is 2.36. The summed E-state index contributed by atoms with van der Waals surface area (Å²) in [6, 6.07) is -1.31. The molecule has 5 nitrogen and oxygen atoms in total. The van der Waals surface area contributed by atoms with E-state index >= 15 is 0 Å². The molecule has 1 heterocycles. The molecule has 0 aromatic heterocycles. The van der Waals surface area contributed by atoms with Crippen molar-refractivity contribution < 1.29 is 14.7 Å². The summed E-state index contributed by atoms with van der Waals surface area (Å²) >= 11 is 0. The molecule has 1 fully saturated rings. The maximum absolute atomic E-state index is 12.1. The third-order valence-electron chi connectivity index (χ3n) is 3.41. The predicted molar refractivity (Wildman–Crippen MR) is 64.5 cm³/mol. The molecule has 0 aromatic rings. The van der Waals surface area contributed by atoms with Gasteiger partial charge in [-0.15, -0.1) is 0 Å². The van der Waals surface area contributed by atoms with Crippen LogP contribution < -0.4 is 5.73 Å². The number of nitrogens with two attached hydrogens (primary N) is 1. The summed E-state index contributed by atoms with van der Waals surface area (Å²) in [5, 5.41) is 9.08. The van der Waals surface area contributed by atoms with Crippen LogP contribution in [0.1, 0.15) is 46.0 Å².